The van der Waals surface area contributed by atoms with Gasteiger partial charge in [0, 0.05) is 23.8 Å². The first-order chi connectivity index (χ1) is 8.70. The summed E-state index contributed by atoms with van der Waals surface area (Å²) < 4.78 is 0.904. The lowest BCUT2D eigenvalue weighted by molar-refractivity contribution is 0.0754. The van der Waals surface area contributed by atoms with Gasteiger partial charge in [0.2, 0.25) is 0 Å². The summed E-state index contributed by atoms with van der Waals surface area (Å²) in [5, 5.41) is 0. The van der Waals surface area contributed by atoms with E-state index in [0.29, 0.717) is 5.69 Å². The van der Waals surface area contributed by atoms with Crippen LogP contribution in [0.3, 0.4) is 0 Å². The van der Waals surface area contributed by atoms with Gasteiger partial charge in [0.15, 0.2) is 0 Å². The van der Waals surface area contributed by atoms with Crippen LogP contribution in [-0.2, 0) is 0 Å². The second-order valence-electron chi connectivity index (χ2n) is 4.86. The molecule has 1 fully saturated rings. The number of carbonyl (C=O) groups is 1. The van der Waals surface area contributed by atoms with Gasteiger partial charge in [-0.25, -0.2) is 4.98 Å². The smallest absolute Gasteiger partial charge is 0.272 e. The van der Waals surface area contributed by atoms with Crippen LogP contribution >= 0.6 is 15.9 Å². The highest BCUT2D eigenvalue weighted by Crippen LogP contribution is 2.21. The predicted molar refractivity (Wildman–Crippen MR) is 75.5 cm³/mol. The molecule has 2 rings (SSSR count). The summed E-state index contributed by atoms with van der Waals surface area (Å²) in [4.78, 5) is 18.4. The van der Waals surface area contributed by atoms with E-state index in [9.17, 15) is 4.79 Å². The highest BCUT2D eigenvalue weighted by atomic mass is 79.9. The molecule has 0 saturated carbocycles. The third-order valence-electron chi connectivity index (χ3n) is 3.66. The minimum atomic E-state index is 0.0688. The number of pyridine rings is 1. The highest BCUT2D eigenvalue weighted by Gasteiger charge is 2.21. The lowest BCUT2D eigenvalue weighted by atomic mass is 9.98. The van der Waals surface area contributed by atoms with E-state index in [0.717, 1.165) is 36.3 Å². The van der Waals surface area contributed by atoms with Gasteiger partial charge < -0.3 is 4.90 Å². The largest absolute Gasteiger partial charge is 0.337 e. The molecule has 1 aliphatic rings. The second kappa shape index (κ2) is 6.32. The normalized spacial score (nSPS) is 20.6. The quantitative estimate of drug-likeness (QED) is 0.837. The molecule has 1 aromatic heterocycles. The number of hydrogen-bond acceptors (Lipinski definition) is 2. The van der Waals surface area contributed by atoms with Crippen molar-refractivity contribution in [1.82, 2.24) is 9.88 Å². The summed E-state index contributed by atoms with van der Waals surface area (Å²) in [5.74, 6) is 0.847. The first-order valence-corrected chi connectivity index (χ1v) is 7.41. The van der Waals surface area contributed by atoms with Crippen molar-refractivity contribution in [2.45, 2.75) is 32.6 Å². The molecule has 0 radical (unpaired) electrons. The molecule has 1 amide bonds. The van der Waals surface area contributed by atoms with E-state index in [4.69, 9.17) is 0 Å². The van der Waals surface area contributed by atoms with Crippen LogP contribution in [0.15, 0.2) is 22.8 Å². The molecule has 0 N–H and O–H groups in total. The number of carbonyl (C=O) groups excluding carboxylic acids is 1. The highest BCUT2D eigenvalue weighted by molar-refractivity contribution is 9.10. The van der Waals surface area contributed by atoms with E-state index in [-0.39, 0.29) is 5.91 Å². The fraction of sp³-hybridized carbons (Fsp3) is 0.571. The van der Waals surface area contributed by atoms with E-state index in [2.05, 4.69) is 27.8 Å². The first kappa shape index (κ1) is 13.5. The average Bonchev–Trinajstić information content (AvgIpc) is 2.64. The maximum absolute atomic E-state index is 12.3. The van der Waals surface area contributed by atoms with Crippen LogP contribution in [0, 0.1) is 5.92 Å². The van der Waals surface area contributed by atoms with Gasteiger partial charge in [-0.05, 0) is 53.2 Å². The number of nitrogens with zero attached hydrogens (tertiary/aromatic N) is 2. The average molecular weight is 311 g/mol. The van der Waals surface area contributed by atoms with Gasteiger partial charge in [-0.1, -0.05) is 13.3 Å². The summed E-state index contributed by atoms with van der Waals surface area (Å²) in [5.41, 5.74) is 0.549. The van der Waals surface area contributed by atoms with E-state index in [1.165, 1.54) is 12.8 Å². The van der Waals surface area contributed by atoms with Crippen LogP contribution in [0.4, 0.5) is 0 Å². The fourth-order valence-corrected chi connectivity index (χ4v) is 2.68. The van der Waals surface area contributed by atoms with Crippen molar-refractivity contribution in [1.29, 1.82) is 0 Å². The van der Waals surface area contributed by atoms with Gasteiger partial charge in [0.25, 0.3) is 5.91 Å². The number of aromatic nitrogens is 1. The van der Waals surface area contributed by atoms with Crippen molar-refractivity contribution >= 4 is 21.8 Å². The topological polar surface area (TPSA) is 33.2 Å². The molecule has 98 valence electrons. The molecule has 4 heteroatoms. The lowest BCUT2D eigenvalue weighted by Crippen LogP contribution is -2.32. The maximum atomic E-state index is 12.3. The number of halogens is 1. The molecule has 1 aromatic rings. The summed E-state index contributed by atoms with van der Waals surface area (Å²) in [6.45, 7) is 3.97. The summed E-state index contributed by atoms with van der Waals surface area (Å²) in [6.07, 6.45) is 6.38. The van der Waals surface area contributed by atoms with E-state index >= 15 is 0 Å². The number of hydrogen-bond donors (Lipinski definition) is 0. The molecule has 0 aromatic carbocycles. The van der Waals surface area contributed by atoms with Crippen LogP contribution < -0.4 is 0 Å². The summed E-state index contributed by atoms with van der Waals surface area (Å²) in [7, 11) is 0. The Balaban J connectivity index is 2.02. The molecule has 1 atom stereocenters. The SMILES string of the molecule is CCC1CCCN(C(=O)c2ccc(Br)cn2)CC1. The zero-order valence-electron chi connectivity index (χ0n) is 10.7. The van der Waals surface area contributed by atoms with Crippen LogP contribution in [0.2, 0.25) is 0 Å². The first-order valence-electron chi connectivity index (χ1n) is 6.61. The third-order valence-corrected chi connectivity index (χ3v) is 4.13. The molecule has 1 saturated heterocycles. The third kappa shape index (κ3) is 3.31. The monoisotopic (exact) mass is 310 g/mol. The molecular weight excluding hydrogens is 292 g/mol. The van der Waals surface area contributed by atoms with Crippen LogP contribution in [0.25, 0.3) is 0 Å². The summed E-state index contributed by atoms with van der Waals surface area (Å²) >= 11 is 3.33. The zero-order valence-corrected chi connectivity index (χ0v) is 12.3. The van der Waals surface area contributed by atoms with E-state index < -0.39 is 0 Å². The maximum Gasteiger partial charge on any atom is 0.272 e. The molecule has 2 heterocycles. The molecule has 3 nitrogen and oxygen atoms in total. The van der Waals surface area contributed by atoms with Crippen molar-refractivity contribution in [3.8, 4) is 0 Å². The van der Waals surface area contributed by atoms with Gasteiger partial charge in [-0.2, -0.15) is 0 Å². The molecular formula is C14H19BrN2O. The Kier molecular flexibility index (Phi) is 4.75. The Morgan fingerprint density at radius 3 is 2.94 bits per heavy atom. The standard InChI is InChI=1S/C14H19BrN2O/c1-2-11-4-3-8-17(9-7-11)14(18)13-6-5-12(15)10-16-13/h5-6,10-11H,2-4,7-9H2,1H3. The van der Waals surface area contributed by atoms with Gasteiger partial charge in [0.1, 0.15) is 5.69 Å². The van der Waals surface area contributed by atoms with E-state index in [1.807, 2.05) is 11.0 Å². The molecule has 1 unspecified atom stereocenters. The lowest BCUT2D eigenvalue weighted by Gasteiger charge is -2.20. The zero-order chi connectivity index (χ0) is 13.0. The Morgan fingerprint density at radius 1 is 1.44 bits per heavy atom. The number of amides is 1. The molecule has 18 heavy (non-hydrogen) atoms. The Morgan fingerprint density at radius 2 is 2.28 bits per heavy atom. The van der Waals surface area contributed by atoms with Crippen LogP contribution in [-0.4, -0.2) is 28.9 Å². The second-order valence-corrected chi connectivity index (χ2v) is 5.77. The van der Waals surface area contributed by atoms with Gasteiger partial charge in [0.05, 0.1) is 0 Å². The molecule has 0 aliphatic carbocycles. The van der Waals surface area contributed by atoms with Crippen molar-refractivity contribution < 1.29 is 4.79 Å². The van der Waals surface area contributed by atoms with Crippen molar-refractivity contribution in [3.05, 3.63) is 28.5 Å². The fourth-order valence-electron chi connectivity index (χ4n) is 2.44. The van der Waals surface area contributed by atoms with Gasteiger partial charge in [-0.3, -0.25) is 4.79 Å². The Bertz CT molecular complexity index is 405. The molecule has 0 bridgehead atoms. The Labute approximate surface area is 117 Å². The number of rotatable bonds is 2. The Hall–Kier alpha value is -0.900. The minimum Gasteiger partial charge on any atom is -0.337 e. The van der Waals surface area contributed by atoms with Crippen LogP contribution in [0.5, 0.6) is 0 Å². The van der Waals surface area contributed by atoms with E-state index in [1.54, 1.807) is 12.3 Å². The predicted octanol–water partition coefficient (Wildman–Crippen LogP) is 3.50. The number of likely N-dealkylation sites (tertiary alicyclic amines) is 1. The molecule has 1 aliphatic heterocycles. The van der Waals surface area contributed by atoms with Crippen molar-refractivity contribution in [2.75, 3.05) is 13.1 Å². The summed E-state index contributed by atoms with van der Waals surface area (Å²) in [6, 6.07) is 3.65. The van der Waals surface area contributed by atoms with Crippen LogP contribution in [0.1, 0.15) is 43.1 Å². The van der Waals surface area contributed by atoms with Gasteiger partial charge in [-0.15, -0.1) is 0 Å². The van der Waals surface area contributed by atoms with Crippen molar-refractivity contribution in [2.24, 2.45) is 5.92 Å². The molecule has 0 spiro atoms. The van der Waals surface area contributed by atoms with Crippen molar-refractivity contribution in [3.63, 3.8) is 0 Å². The van der Waals surface area contributed by atoms with Gasteiger partial charge >= 0.3 is 0 Å². The minimum absolute atomic E-state index is 0.0688.